The Morgan fingerprint density at radius 1 is 1.06 bits per heavy atom. The third-order valence-corrected chi connectivity index (χ3v) is 3.55. The molecule has 104 valence electrons. The van der Waals surface area contributed by atoms with Crippen molar-refractivity contribution < 1.29 is 4.74 Å². The van der Waals surface area contributed by atoms with E-state index in [4.69, 9.17) is 4.74 Å². The molecule has 0 aromatic heterocycles. The van der Waals surface area contributed by atoms with E-state index in [-0.39, 0.29) is 5.60 Å². The monoisotopic (exact) mass is 243 g/mol. The molecule has 0 aliphatic rings. The average molecular weight is 243 g/mol. The molecule has 0 saturated carbocycles. The fraction of sp³-hybridized carbons (Fsp3) is 1.00. The summed E-state index contributed by atoms with van der Waals surface area (Å²) in [6.07, 6.45) is 3.59. The zero-order chi connectivity index (χ0) is 13.5. The van der Waals surface area contributed by atoms with Crippen LogP contribution in [0.4, 0.5) is 0 Å². The van der Waals surface area contributed by atoms with E-state index in [1.807, 2.05) is 0 Å². The number of nitrogens with one attached hydrogen (secondary N) is 1. The lowest BCUT2D eigenvalue weighted by Crippen LogP contribution is -2.38. The summed E-state index contributed by atoms with van der Waals surface area (Å²) in [6, 6.07) is 0.566. The molecule has 0 heterocycles. The molecule has 0 atom stereocenters. The second kappa shape index (κ2) is 7.38. The largest absolute Gasteiger partial charge is 0.376 e. The van der Waals surface area contributed by atoms with Crippen molar-refractivity contribution in [1.29, 1.82) is 0 Å². The number of hydrogen-bond donors (Lipinski definition) is 1. The van der Waals surface area contributed by atoms with Crippen LogP contribution in [0.15, 0.2) is 0 Å². The Kier molecular flexibility index (Phi) is 7.34. The molecule has 0 aliphatic heterocycles. The quantitative estimate of drug-likeness (QED) is 0.696. The topological polar surface area (TPSA) is 21.3 Å². The molecule has 0 amide bonds. The maximum atomic E-state index is 5.87. The zero-order valence-corrected chi connectivity index (χ0v) is 13.0. The predicted molar refractivity (Wildman–Crippen MR) is 76.5 cm³/mol. The van der Waals surface area contributed by atoms with Crippen LogP contribution >= 0.6 is 0 Å². The predicted octanol–water partition coefficient (Wildman–Crippen LogP) is 4.00. The standard InChI is InChI=1S/C15H33NO/c1-8-15(9-2,12-16-13(3)4)10-11-17-14(5,6)7/h13,16H,8-12H2,1-7H3. The van der Waals surface area contributed by atoms with E-state index in [0.717, 1.165) is 19.6 Å². The van der Waals surface area contributed by atoms with E-state index in [9.17, 15) is 0 Å². The van der Waals surface area contributed by atoms with E-state index >= 15 is 0 Å². The smallest absolute Gasteiger partial charge is 0.0598 e. The van der Waals surface area contributed by atoms with Gasteiger partial charge in [-0.1, -0.05) is 27.7 Å². The number of hydrogen-bond acceptors (Lipinski definition) is 2. The number of rotatable bonds is 8. The van der Waals surface area contributed by atoms with Gasteiger partial charge in [0.05, 0.1) is 5.60 Å². The van der Waals surface area contributed by atoms with Crippen molar-refractivity contribution in [2.45, 2.75) is 79.4 Å². The fourth-order valence-corrected chi connectivity index (χ4v) is 1.94. The molecule has 1 N–H and O–H groups in total. The summed E-state index contributed by atoms with van der Waals surface area (Å²) in [7, 11) is 0. The van der Waals surface area contributed by atoms with Gasteiger partial charge in [0.15, 0.2) is 0 Å². The average Bonchev–Trinajstić information content (AvgIpc) is 2.21. The first kappa shape index (κ1) is 16.9. The first-order chi connectivity index (χ1) is 7.74. The molecule has 0 fully saturated rings. The molecule has 2 nitrogen and oxygen atoms in total. The summed E-state index contributed by atoms with van der Waals surface area (Å²) in [5.74, 6) is 0. The highest BCUT2D eigenvalue weighted by molar-refractivity contribution is 4.80. The molecule has 0 saturated heterocycles. The molecule has 0 aromatic carbocycles. The molecular formula is C15H33NO. The van der Waals surface area contributed by atoms with Crippen molar-refractivity contribution in [3.63, 3.8) is 0 Å². The summed E-state index contributed by atoms with van der Waals surface area (Å²) in [6.45, 7) is 17.3. The van der Waals surface area contributed by atoms with Crippen molar-refractivity contribution in [2.24, 2.45) is 5.41 Å². The third kappa shape index (κ3) is 7.77. The van der Waals surface area contributed by atoms with Crippen molar-refractivity contribution in [1.82, 2.24) is 5.32 Å². The minimum Gasteiger partial charge on any atom is -0.376 e. The Bertz CT molecular complexity index is 190. The summed E-state index contributed by atoms with van der Waals surface area (Å²) < 4.78 is 5.87. The van der Waals surface area contributed by atoms with Crippen LogP contribution in [-0.2, 0) is 4.74 Å². The summed E-state index contributed by atoms with van der Waals surface area (Å²) in [5.41, 5.74) is 0.383. The van der Waals surface area contributed by atoms with Crippen LogP contribution in [0, 0.1) is 5.41 Å². The molecule has 0 radical (unpaired) electrons. The molecule has 0 bridgehead atoms. The van der Waals surface area contributed by atoms with Gasteiger partial charge in [-0.3, -0.25) is 0 Å². The van der Waals surface area contributed by atoms with Crippen molar-refractivity contribution in [2.75, 3.05) is 13.2 Å². The normalized spacial score (nSPS) is 13.4. The van der Waals surface area contributed by atoms with Crippen LogP contribution in [0.3, 0.4) is 0 Å². The summed E-state index contributed by atoms with van der Waals surface area (Å²) in [5, 5.41) is 3.58. The minimum absolute atomic E-state index is 0.0152. The van der Waals surface area contributed by atoms with Crippen molar-refractivity contribution in [3.8, 4) is 0 Å². The van der Waals surface area contributed by atoms with Gasteiger partial charge in [-0.05, 0) is 45.4 Å². The molecule has 0 aliphatic carbocycles. The lowest BCUT2D eigenvalue weighted by molar-refractivity contribution is -0.0202. The van der Waals surface area contributed by atoms with E-state index in [1.54, 1.807) is 0 Å². The van der Waals surface area contributed by atoms with Gasteiger partial charge in [-0.25, -0.2) is 0 Å². The first-order valence-electron chi connectivity index (χ1n) is 7.12. The first-order valence-corrected chi connectivity index (χ1v) is 7.12. The van der Waals surface area contributed by atoms with Gasteiger partial charge in [0.1, 0.15) is 0 Å². The Balaban J connectivity index is 4.20. The number of ether oxygens (including phenoxy) is 1. The molecule has 0 aromatic rings. The maximum absolute atomic E-state index is 5.87. The summed E-state index contributed by atoms with van der Waals surface area (Å²) in [4.78, 5) is 0. The fourth-order valence-electron chi connectivity index (χ4n) is 1.94. The third-order valence-electron chi connectivity index (χ3n) is 3.55. The molecule has 0 unspecified atom stereocenters. The molecule has 0 spiro atoms. The van der Waals surface area contributed by atoms with Crippen LogP contribution in [-0.4, -0.2) is 24.8 Å². The second-order valence-corrected chi connectivity index (χ2v) is 6.45. The highest BCUT2D eigenvalue weighted by atomic mass is 16.5. The second-order valence-electron chi connectivity index (χ2n) is 6.45. The van der Waals surface area contributed by atoms with Gasteiger partial charge in [-0.15, -0.1) is 0 Å². The van der Waals surface area contributed by atoms with Gasteiger partial charge in [-0.2, -0.15) is 0 Å². The van der Waals surface area contributed by atoms with Crippen molar-refractivity contribution in [3.05, 3.63) is 0 Å². The van der Waals surface area contributed by atoms with Gasteiger partial charge in [0.25, 0.3) is 0 Å². The van der Waals surface area contributed by atoms with Gasteiger partial charge >= 0.3 is 0 Å². The van der Waals surface area contributed by atoms with Crippen molar-refractivity contribution >= 4 is 0 Å². The Hall–Kier alpha value is -0.0800. The van der Waals surface area contributed by atoms with Crippen LogP contribution in [0.5, 0.6) is 0 Å². The van der Waals surface area contributed by atoms with Gasteiger partial charge < -0.3 is 10.1 Å². The lowest BCUT2D eigenvalue weighted by Gasteiger charge is -2.34. The van der Waals surface area contributed by atoms with Gasteiger partial charge in [0, 0.05) is 19.2 Å². The van der Waals surface area contributed by atoms with E-state index in [1.165, 1.54) is 12.8 Å². The van der Waals surface area contributed by atoms with Crippen LogP contribution in [0.25, 0.3) is 0 Å². The maximum Gasteiger partial charge on any atom is 0.0598 e. The van der Waals surface area contributed by atoms with E-state index < -0.39 is 0 Å². The highest BCUT2D eigenvalue weighted by Gasteiger charge is 2.26. The molecule has 0 rings (SSSR count). The van der Waals surface area contributed by atoms with Crippen LogP contribution in [0.2, 0.25) is 0 Å². The lowest BCUT2D eigenvalue weighted by atomic mass is 9.79. The minimum atomic E-state index is -0.0152. The zero-order valence-electron chi connectivity index (χ0n) is 13.0. The molecule has 17 heavy (non-hydrogen) atoms. The van der Waals surface area contributed by atoms with E-state index in [0.29, 0.717) is 11.5 Å². The Morgan fingerprint density at radius 3 is 1.94 bits per heavy atom. The molecule has 2 heteroatoms. The summed E-state index contributed by atoms with van der Waals surface area (Å²) >= 11 is 0. The van der Waals surface area contributed by atoms with Gasteiger partial charge in [0.2, 0.25) is 0 Å². The Morgan fingerprint density at radius 2 is 1.59 bits per heavy atom. The van der Waals surface area contributed by atoms with E-state index in [2.05, 4.69) is 53.8 Å². The highest BCUT2D eigenvalue weighted by Crippen LogP contribution is 2.30. The SMILES string of the molecule is CCC(CC)(CCOC(C)(C)C)CNC(C)C. The molecular weight excluding hydrogens is 210 g/mol. The Labute approximate surface area is 109 Å². The van der Waals surface area contributed by atoms with Crippen LogP contribution < -0.4 is 5.32 Å². The van der Waals surface area contributed by atoms with Crippen LogP contribution in [0.1, 0.15) is 67.7 Å².